The number of carbonyl (C=O) groups is 1. The maximum atomic E-state index is 14.2. The Morgan fingerprint density at radius 3 is 2.77 bits per heavy atom. The van der Waals surface area contributed by atoms with Gasteiger partial charge >= 0.3 is 0 Å². The molecule has 0 bridgehead atoms. The fraction of sp³-hybridized carbons (Fsp3) is 0.0952. The normalized spacial score (nSPS) is 11.3. The molecule has 0 aliphatic rings. The van der Waals surface area contributed by atoms with Crippen LogP contribution in [-0.4, -0.2) is 30.9 Å². The van der Waals surface area contributed by atoms with Crippen molar-refractivity contribution in [1.82, 2.24) is 25.0 Å². The standard InChI is InChI=1S/C21H14F2N6OS/c22-13-9-15(23)20-18(10-13)31-21(25-20)28(11-14-5-3-4-8-24-14)19(30)12-29-17-7-2-1-6-16(17)26-27-29/h1-10H,11-12H2. The van der Waals surface area contributed by atoms with Crippen LogP contribution in [0.1, 0.15) is 5.69 Å². The first-order chi connectivity index (χ1) is 15.1. The second-order valence-corrected chi connectivity index (χ2v) is 7.78. The third-order valence-corrected chi connectivity index (χ3v) is 5.71. The van der Waals surface area contributed by atoms with Gasteiger partial charge in [0.2, 0.25) is 0 Å². The van der Waals surface area contributed by atoms with Crippen molar-refractivity contribution in [3.63, 3.8) is 0 Å². The maximum absolute atomic E-state index is 14.2. The van der Waals surface area contributed by atoms with E-state index in [1.54, 1.807) is 24.4 Å². The molecule has 5 aromatic rings. The van der Waals surface area contributed by atoms with E-state index in [-0.39, 0.29) is 29.6 Å². The first-order valence-electron chi connectivity index (χ1n) is 9.32. The number of halogens is 2. The molecular formula is C21H14F2N6OS. The minimum Gasteiger partial charge on any atom is -0.280 e. The lowest BCUT2D eigenvalue weighted by Gasteiger charge is -2.19. The van der Waals surface area contributed by atoms with Gasteiger partial charge in [0.15, 0.2) is 10.9 Å². The number of aromatic nitrogens is 5. The predicted molar refractivity (Wildman–Crippen MR) is 112 cm³/mol. The van der Waals surface area contributed by atoms with Gasteiger partial charge in [-0.25, -0.2) is 18.4 Å². The highest BCUT2D eigenvalue weighted by atomic mass is 32.1. The van der Waals surface area contributed by atoms with Crippen molar-refractivity contribution >= 4 is 43.6 Å². The maximum Gasteiger partial charge on any atom is 0.250 e. The highest BCUT2D eigenvalue weighted by Gasteiger charge is 2.23. The van der Waals surface area contributed by atoms with E-state index in [2.05, 4.69) is 20.3 Å². The molecule has 0 aliphatic carbocycles. The largest absolute Gasteiger partial charge is 0.280 e. The van der Waals surface area contributed by atoms with Crippen LogP contribution >= 0.6 is 11.3 Å². The Bertz CT molecular complexity index is 1400. The fourth-order valence-corrected chi connectivity index (χ4v) is 4.25. The molecule has 0 unspecified atom stereocenters. The van der Waals surface area contributed by atoms with E-state index in [0.717, 1.165) is 17.4 Å². The quantitative estimate of drug-likeness (QED) is 0.417. The Morgan fingerprint density at radius 2 is 1.94 bits per heavy atom. The lowest BCUT2D eigenvalue weighted by atomic mass is 10.3. The van der Waals surface area contributed by atoms with Crippen LogP contribution < -0.4 is 4.90 Å². The monoisotopic (exact) mass is 436 g/mol. The Labute approximate surface area is 178 Å². The predicted octanol–water partition coefficient (Wildman–Crippen LogP) is 3.95. The molecule has 0 aliphatic heterocycles. The average molecular weight is 436 g/mol. The van der Waals surface area contributed by atoms with Gasteiger partial charge < -0.3 is 0 Å². The third-order valence-electron chi connectivity index (χ3n) is 4.69. The number of hydrogen-bond donors (Lipinski definition) is 0. The number of fused-ring (bicyclic) bond motifs is 2. The lowest BCUT2D eigenvalue weighted by Crippen LogP contribution is -2.34. The van der Waals surface area contributed by atoms with E-state index in [1.165, 1.54) is 15.6 Å². The van der Waals surface area contributed by atoms with Crippen LogP contribution in [0.4, 0.5) is 13.9 Å². The number of carbonyl (C=O) groups excluding carboxylic acids is 1. The molecule has 0 N–H and O–H groups in total. The summed E-state index contributed by atoms with van der Waals surface area (Å²) in [7, 11) is 0. The summed E-state index contributed by atoms with van der Waals surface area (Å²) in [5.41, 5.74) is 2.03. The van der Waals surface area contributed by atoms with Crippen LogP contribution in [0.5, 0.6) is 0 Å². The zero-order valence-electron chi connectivity index (χ0n) is 15.9. The van der Waals surface area contributed by atoms with Gasteiger partial charge in [0.25, 0.3) is 5.91 Å². The fourth-order valence-electron chi connectivity index (χ4n) is 3.22. The summed E-state index contributed by atoms with van der Waals surface area (Å²) in [5.74, 6) is -1.80. The molecule has 3 aromatic heterocycles. The summed E-state index contributed by atoms with van der Waals surface area (Å²) in [4.78, 5) is 23.2. The van der Waals surface area contributed by atoms with Gasteiger partial charge in [0, 0.05) is 12.3 Å². The SMILES string of the molecule is O=C(Cn1nnc2ccccc21)N(Cc1ccccn1)c1nc2c(F)cc(F)cc2s1. The number of pyridine rings is 1. The third kappa shape index (κ3) is 3.73. The highest BCUT2D eigenvalue weighted by molar-refractivity contribution is 7.22. The van der Waals surface area contributed by atoms with Crippen LogP contribution in [0.2, 0.25) is 0 Å². The first kappa shape index (κ1) is 19.2. The van der Waals surface area contributed by atoms with Gasteiger partial charge in [0.05, 0.1) is 22.5 Å². The summed E-state index contributed by atoms with van der Waals surface area (Å²) in [6, 6.07) is 14.6. The number of hydrogen-bond acceptors (Lipinski definition) is 6. The second-order valence-electron chi connectivity index (χ2n) is 6.77. The molecule has 0 saturated carbocycles. The van der Waals surface area contributed by atoms with Gasteiger partial charge in [-0.15, -0.1) is 5.10 Å². The second kappa shape index (κ2) is 7.80. The zero-order valence-corrected chi connectivity index (χ0v) is 16.8. The van der Waals surface area contributed by atoms with Crippen LogP contribution in [0, 0.1) is 11.6 Å². The molecule has 5 rings (SSSR count). The molecule has 0 fully saturated rings. The summed E-state index contributed by atoms with van der Waals surface area (Å²) < 4.78 is 29.7. The molecule has 0 spiro atoms. The zero-order chi connectivity index (χ0) is 21.4. The van der Waals surface area contributed by atoms with Crippen molar-refractivity contribution in [2.45, 2.75) is 13.1 Å². The molecule has 10 heteroatoms. The summed E-state index contributed by atoms with van der Waals surface area (Å²) in [5, 5.41) is 8.38. The van der Waals surface area contributed by atoms with E-state index in [0.29, 0.717) is 21.4 Å². The highest BCUT2D eigenvalue weighted by Crippen LogP contribution is 2.32. The summed E-state index contributed by atoms with van der Waals surface area (Å²) in [6.45, 7) is 0.0241. The van der Waals surface area contributed by atoms with Crippen molar-refractivity contribution in [3.05, 3.63) is 78.1 Å². The molecule has 0 saturated heterocycles. The van der Waals surface area contributed by atoms with E-state index >= 15 is 0 Å². The number of amides is 1. The Morgan fingerprint density at radius 1 is 1.10 bits per heavy atom. The van der Waals surface area contributed by atoms with Gasteiger partial charge in [-0.3, -0.25) is 14.7 Å². The summed E-state index contributed by atoms with van der Waals surface area (Å²) in [6.07, 6.45) is 1.62. The Balaban J connectivity index is 1.54. The number of thiazole rings is 1. The van der Waals surface area contributed by atoms with E-state index in [1.807, 2.05) is 24.3 Å². The Kier molecular flexibility index (Phi) is 4.83. The van der Waals surface area contributed by atoms with Gasteiger partial charge in [-0.1, -0.05) is 34.7 Å². The van der Waals surface area contributed by atoms with Crippen molar-refractivity contribution in [2.75, 3.05) is 4.90 Å². The van der Waals surface area contributed by atoms with Crippen molar-refractivity contribution < 1.29 is 13.6 Å². The molecule has 1 amide bonds. The van der Waals surface area contributed by atoms with E-state index in [9.17, 15) is 13.6 Å². The first-order valence-corrected chi connectivity index (χ1v) is 10.1. The van der Waals surface area contributed by atoms with Crippen molar-refractivity contribution in [3.8, 4) is 0 Å². The van der Waals surface area contributed by atoms with Crippen LogP contribution in [0.25, 0.3) is 21.3 Å². The van der Waals surface area contributed by atoms with Gasteiger partial charge in [-0.2, -0.15) is 0 Å². The molecule has 154 valence electrons. The smallest absolute Gasteiger partial charge is 0.250 e. The molecule has 7 nitrogen and oxygen atoms in total. The average Bonchev–Trinajstić information content (AvgIpc) is 3.37. The number of anilines is 1. The minimum atomic E-state index is -0.773. The summed E-state index contributed by atoms with van der Waals surface area (Å²) >= 11 is 1.04. The lowest BCUT2D eigenvalue weighted by molar-refractivity contribution is -0.119. The molecule has 2 aromatic carbocycles. The van der Waals surface area contributed by atoms with Gasteiger partial charge in [0.1, 0.15) is 23.4 Å². The number of rotatable bonds is 5. The number of para-hydroxylation sites is 1. The number of benzene rings is 2. The molecular weight excluding hydrogens is 422 g/mol. The Hall–Kier alpha value is -3.79. The van der Waals surface area contributed by atoms with Crippen LogP contribution in [0.3, 0.4) is 0 Å². The van der Waals surface area contributed by atoms with E-state index in [4.69, 9.17) is 0 Å². The molecule has 0 radical (unpaired) electrons. The minimum absolute atomic E-state index is 0.0198. The van der Waals surface area contributed by atoms with Crippen molar-refractivity contribution in [1.29, 1.82) is 0 Å². The van der Waals surface area contributed by atoms with Crippen LogP contribution in [0.15, 0.2) is 60.8 Å². The van der Waals surface area contributed by atoms with Crippen molar-refractivity contribution in [2.24, 2.45) is 0 Å². The topological polar surface area (TPSA) is 76.8 Å². The molecule has 3 heterocycles. The van der Waals surface area contributed by atoms with Gasteiger partial charge in [-0.05, 0) is 30.3 Å². The van der Waals surface area contributed by atoms with Crippen LogP contribution in [-0.2, 0) is 17.9 Å². The number of nitrogens with zero attached hydrogens (tertiary/aromatic N) is 6. The molecule has 31 heavy (non-hydrogen) atoms. The van der Waals surface area contributed by atoms with E-state index < -0.39 is 11.6 Å². The molecule has 0 atom stereocenters.